The highest BCUT2D eigenvalue weighted by Gasteiger charge is 2.64. The lowest BCUT2D eigenvalue weighted by atomic mass is 9.70. The number of carbonyl (C=O) groups is 2. The van der Waals surface area contributed by atoms with Crippen molar-refractivity contribution in [3.05, 3.63) is 58.4 Å². The number of Topliss-reactive ketones (excluding diaryl/α,β-unsaturated/α-hetero) is 1. The van der Waals surface area contributed by atoms with Crippen LogP contribution in [0.1, 0.15) is 49.7 Å². The lowest BCUT2D eigenvalue weighted by Crippen LogP contribution is -2.32. The Morgan fingerprint density at radius 1 is 1.23 bits per heavy atom. The Morgan fingerprint density at radius 2 is 1.87 bits per heavy atom. The molecule has 8 heteroatoms. The second kappa shape index (κ2) is 6.54. The van der Waals surface area contributed by atoms with Crippen LogP contribution in [0, 0.1) is 16.7 Å². The number of benzene rings is 1. The van der Waals surface area contributed by atoms with E-state index in [0.29, 0.717) is 15.3 Å². The third-order valence-electron chi connectivity index (χ3n) is 7.03. The highest BCUT2D eigenvalue weighted by atomic mass is 35.5. The second-order valence-corrected chi connectivity index (χ2v) is 9.17. The quantitative estimate of drug-likeness (QED) is 0.459. The maximum absolute atomic E-state index is 13.9. The van der Waals surface area contributed by atoms with Crippen molar-refractivity contribution in [1.29, 1.82) is 0 Å². The Hall–Kier alpha value is -2.41. The van der Waals surface area contributed by atoms with Gasteiger partial charge in [0.25, 0.3) is 0 Å². The number of rotatable bonds is 3. The van der Waals surface area contributed by atoms with E-state index in [0.717, 1.165) is 25.1 Å². The van der Waals surface area contributed by atoms with E-state index >= 15 is 0 Å². The van der Waals surface area contributed by atoms with E-state index < -0.39 is 28.6 Å². The molecular formula is C22H20ClF3N2O2. The molecule has 0 spiro atoms. The first-order chi connectivity index (χ1) is 13.9. The molecule has 0 amide bonds. The van der Waals surface area contributed by atoms with E-state index in [2.05, 4.69) is 5.10 Å². The molecule has 158 valence electrons. The number of fused-ring (bicyclic) bond motifs is 2. The van der Waals surface area contributed by atoms with Crippen molar-refractivity contribution in [3.63, 3.8) is 0 Å². The van der Waals surface area contributed by atoms with Crippen LogP contribution >= 0.6 is 11.6 Å². The fourth-order valence-electron chi connectivity index (χ4n) is 4.89. The van der Waals surface area contributed by atoms with Crippen LogP contribution in [-0.4, -0.2) is 21.3 Å². The number of alkyl halides is 3. The zero-order valence-corrected chi connectivity index (χ0v) is 17.4. The van der Waals surface area contributed by atoms with Gasteiger partial charge in [-0.05, 0) is 54.5 Å². The molecule has 4 nitrogen and oxygen atoms in total. The first kappa shape index (κ1) is 20.8. The molecule has 1 aromatic carbocycles. The summed E-state index contributed by atoms with van der Waals surface area (Å²) in [6.45, 7) is 5.83. The molecule has 0 radical (unpaired) electrons. The molecule has 2 bridgehead atoms. The van der Waals surface area contributed by atoms with Crippen LogP contribution in [0.5, 0.6) is 0 Å². The summed E-state index contributed by atoms with van der Waals surface area (Å²) in [5, 5.41) is 4.17. The molecular weight excluding hydrogens is 417 g/mol. The topological polar surface area (TPSA) is 52.0 Å². The zero-order chi connectivity index (χ0) is 22.1. The van der Waals surface area contributed by atoms with Gasteiger partial charge in [-0.3, -0.25) is 9.59 Å². The summed E-state index contributed by atoms with van der Waals surface area (Å²) in [6.07, 6.45) is -1.36. The molecule has 2 aliphatic carbocycles. The zero-order valence-electron chi connectivity index (χ0n) is 16.7. The highest BCUT2D eigenvalue weighted by Crippen LogP contribution is 2.65. The lowest BCUT2D eigenvalue weighted by Gasteiger charge is -2.31. The predicted molar refractivity (Wildman–Crippen MR) is 106 cm³/mol. The number of carbonyl (C=O) groups excluding carboxylic acids is 2. The molecule has 2 saturated carbocycles. The molecule has 2 fully saturated rings. The summed E-state index contributed by atoms with van der Waals surface area (Å²) in [4.78, 5) is 25.8. The summed E-state index contributed by atoms with van der Waals surface area (Å²) in [6, 6.07) is 5.66. The third-order valence-corrected chi connectivity index (χ3v) is 7.28. The van der Waals surface area contributed by atoms with E-state index in [-0.39, 0.29) is 22.8 Å². The van der Waals surface area contributed by atoms with E-state index in [1.807, 2.05) is 20.8 Å². The Morgan fingerprint density at radius 3 is 2.40 bits per heavy atom. The van der Waals surface area contributed by atoms with Gasteiger partial charge >= 0.3 is 6.18 Å². The number of halogens is 4. The van der Waals surface area contributed by atoms with Crippen molar-refractivity contribution in [2.45, 2.75) is 39.8 Å². The molecule has 0 N–H and O–H groups in total. The molecule has 4 rings (SSSR count). The Labute approximate surface area is 176 Å². The van der Waals surface area contributed by atoms with Gasteiger partial charge in [0, 0.05) is 16.0 Å². The Kier molecular flexibility index (Phi) is 4.55. The summed E-state index contributed by atoms with van der Waals surface area (Å²) < 4.78 is 42.3. The summed E-state index contributed by atoms with van der Waals surface area (Å²) >= 11 is 5.81. The SMILES string of the molecule is CC1(C)[C@@H]2CC[C@@]1(C)C(=O)C2=CC(=O)c1cnn(-c2ccc(Cl)cc2)c1C(F)(F)F. The van der Waals surface area contributed by atoms with Crippen molar-refractivity contribution in [2.24, 2.45) is 16.7 Å². The number of ketones is 2. The minimum absolute atomic E-state index is 0.128. The molecule has 2 atom stereocenters. The maximum atomic E-state index is 13.9. The van der Waals surface area contributed by atoms with Gasteiger partial charge in [-0.25, -0.2) is 4.68 Å². The summed E-state index contributed by atoms with van der Waals surface area (Å²) in [5.41, 5.74) is -2.23. The van der Waals surface area contributed by atoms with Crippen molar-refractivity contribution in [1.82, 2.24) is 9.78 Å². The minimum Gasteiger partial charge on any atom is -0.294 e. The summed E-state index contributed by atoms with van der Waals surface area (Å²) in [5.74, 6) is -1.15. The molecule has 2 aliphatic rings. The first-order valence-electron chi connectivity index (χ1n) is 9.60. The first-order valence-corrected chi connectivity index (χ1v) is 9.97. The van der Waals surface area contributed by atoms with Gasteiger partial charge in [-0.2, -0.15) is 18.3 Å². The van der Waals surface area contributed by atoms with E-state index in [4.69, 9.17) is 11.6 Å². The van der Waals surface area contributed by atoms with Gasteiger partial charge in [0.05, 0.1) is 17.4 Å². The number of hydrogen-bond acceptors (Lipinski definition) is 3. The standard InChI is InChI=1S/C22H20ClF3N2O2/c1-20(2)16-8-9-21(20,3)19(30)14(16)10-17(29)15-11-27-28(18(15)22(24,25)26)13-6-4-12(23)5-7-13/h4-7,10-11,16H,8-9H2,1-3H3/t16-,21+/m1/s1. The molecule has 1 heterocycles. The molecule has 1 aromatic heterocycles. The number of nitrogens with zero attached hydrogens (tertiary/aromatic N) is 2. The van der Waals surface area contributed by atoms with Crippen molar-refractivity contribution in [2.75, 3.05) is 0 Å². The minimum atomic E-state index is -4.82. The highest BCUT2D eigenvalue weighted by molar-refractivity contribution is 6.30. The number of allylic oxidation sites excluding steroid dienone is 2. The molecule has 2 aromatic rings. The summed E-state index contributed by atoms with van der Waals surface area (Å²) in [7, 11) is 0. The van der Waals surface area contributed by atoms with E-state index in [1.165, 1.54) is 24.3 Å². The van der Waals surface area contributed by atoms with Gasteiger partial charge in [-0.15, -0.1) is 0 Å². The molecule has 30 heavy (non-hydrogen) atoms. The fraction of sp³-hybridized carbons (Fsp3) is 0.409. The number of aromatic nitrogens is 2. The van der Waals surface area contributed by atoms with Gasteiger partial charge in [0.15, 0.2) is 17.3 Å². The lowest BCUT2D eigenvalue weighted by molar-refractivity contribution is -0.143. The van der Waals surface area contributed by atoms with Crippen LogP contribution in [0.15, 0.2) is 42.1 Å². The Bertz CT molecular complexity index is 1080. The molecule has 0 saturated heterocycles. The van der Waals surface area contributed by atoms with Crippen LogP contribution in [0.25, 0.3) is 5.69 Å². The molecule has 0 unspecified atom stereocenters. The van der Waals surface area contributed by atoms with Crippen LogP contribution < -0.4 is 0 Å². The van der Waals surface area contributed by atoms with Gasteiger partial charge in [-0.1, -0.05) is 32.4 Å². The maximum Gasteiger partial charge on any atom is 0.434 e. The normalized spacial score (nSPS) is 26.6. The van der Waals surface area contributed by atoms with Crippen LogP contribution in [0.2, 0.25) is 5.02 Å². The van der Waals surface area contributed by atoms with E-state index in [9.17, 15) is 22.8 Å². The fourth-order valence-corrected chi connectivity index (χ4v) is 5.02. The van der Waals surface area contributed by atoms with Gasteiger partial charge in [0.1, 0.15) is 0 Å². The largest absolute Gasteiger partial charge is 0.434 e. The van der Waals surface area contributed by atoms with Crippen molar-refractivity contribution in [3.8, 4) is 5.69 Å². The molecule has 0 aliphatic heterocycles. The van der Waals surface area contributed by atoms with Crippen molar-refractivity contribution >= 4 is 23.2 Å². The van der Waals surface area contributed by atoms with Gasteiger partial charge < -0.3 is 0 Å². The van der Waals surface area contributed by atoms with E-state index in [1.54, 1.807) is 0 Å². The monoisotopic (exact) mass is 436 g/mol. The van der Waals surface area contributed by atoms with Crippen molar-refractivity contribution < 1.29 is 22.8 Å². The average molecular weight is 437 g/mol. The van der Waals surface area contributed by atoms with Crippen LogP contribution in [0.3, 0.4) is 0 Å². The second-order valence-electron chi connectivity index (χ2n) is 8.73. The number of hydrogen-bond donors (Lipinski definition) is 0. The third kappa shape index (κ3) is 2.86. The smallest absolute Gasteiger partial charge is 0.294 e. The Balaban J connectivity index is 1.79. The van der Waals surface area contributed by atoms with Gasteiger partial charge in [0.2, 0.25) is 0 Å². The van der Waals surface area contributed by atoms with Crippen LogP contribution in [-0.2, 0) is 11.0 Å². The van der Waals surface area contributed by atoms with Crippen LogP contribution in [0.4, 0.5) is 13.2 Å². The average Bonchev–Trinajstić information content (AvgIpc) is 3.24. The predicted octanol–water partition coefficient (Wildman–Crippen LogP) is 5.68.